The van der Waals surface area contributed by atoms with Gasteiger partial charge in [0.15, 0.2) is 0 Å². The maximum atomic E-state index is 11.9. The van der Waals surface area contributed by atoms with Crippen LogP contribution in [0.2, 0.25) is 5.02 Å². The van der Waals surface area contributed by atoms with E-state index in [2.05, 4.69) is 21.3 Å². The molecule has 0 spiro atoms. The Morgan fingerprint density at radius 2 is 1.92 bits per heavy atom. The molecule has 0 fully saturated rings. The SMILES string of the molecule is Cc1cc(CNC(=O)NCc2ccco2)c(C)n1-c1cccc(Cl)c1. The second kappa shape index (κ2) is 7.49. The highest BCUT2D eigenvalue weighted by molar-refractivity contribution is 6.30. The summed E-state index contributed by atoms with van der Waals surface area (Å²) in [6.45, 7) is 4.88. The summed E-state index contributed by atoms with van der Waals surface area (Å²) in [5.74, 6) is 0.717. The molecule has 0 unspecified atom stereocenters. The van der Waals surface area contributed by atoms with Gasteiger partial charge in [0.2, 0.25) is 0 Å². The van der Waals surface area contributed by atoms with Crippen LogP contribution in [0.4, 0.5) is 4.79 Å². The van der Waals surface area contributed by atoms with Crippen molar-refractivity contribution in [1.82, 2.24) is 15.2 Å². The van der Waals surface area contributed by atoms with Gasteiger partial charge in [0.25, 0.3) is 0 Å². The van der Waals surface area contributed by atoms with Gasteiger partial charge in [-0.1, -0.05) is 17.7 Å². The van der Waals surface area contributed by atoms with Crippen molar-refractivity contribution in [2.45, 2.75) is 26.9 Å². The van der Waals surface area contributed by atoms with E-state index in [1.807, 2.05) is 44.2 Å². The van der Waals surface area contributed by atoms with Crippen LogP contribution in [0.3, 0.4) is 0 Å². The smallest absolute Gasteiger partial charge is 0.315 e. The first-order chi connectivity index (χ1) is 12.0. The zero-order valence-electron chi connectivity index (χ0n) is 14.2. The van der Waals surface area contributed by atoms with Crippen molar-refractivity contribution in [2.75, 3.05) is 0 Å². The Balaban J connectivity index is 1.65. The van der Waals surface area contributed by atoms with E-state index in [1.54, 1.807) is 12.3 Å². The lowest BCUT2D eigenvalue weighted by atomic mass is 10.2. The molecule has 0 aliphatic rings. The largest absolute Gasteiger partial charge is 0.467 e. The van der Waals surface area contributed by atoms with Crippen LogP contribution in [-0.4, -0.2) is 10.6 Å². The fourth-order valence-corrected chi connectivity index (χ4v) is 3.02. The summed E-state index contributed by atoms with van der Waals surface area (Å²) in [6, 6.07) is 13.2. The standard InChI is InChI=1S/C19H20ClN3O2/c1-13-9-15(11-21-19(24)22-12-18-7-4-8-25-18)14(2)23(13)17-6-3-5-16(20)10-17/h3-10H,11-12H2,1-2H3,(H2,21,22,24). The van der Waals surface area contributed by atoms with Crippen molar-refractivity contribution < 1.29 is 9.21 Å². The highest BCUT2D eigenvalue weighted by Crippen LogP contribution is 2.22. The van der Waals surface area contributed by atoms with Crippen molar-refractivity contribution in [2.24, 2.45) is 0 Å². The summed E-state index contributed by atoms with van der Waals surface area (Å²) in [5.41, 5.74) is 4.24. The summed E-state index contributed by atoms with van der Waals surface area (Å²) >= 11 is 6.10. The molecular weight excluding hydrogens is 338 g/mol. The van der Waals surface area contributed by atoms with E-state index in [0.29, 0.717) is 23.9 Å². The van der Waals surface area contributed by atoms with Gasteiger partial charge < -0.3 is 19.6 Å². The maximum absolute atomic E-state index is 11.9. The summed E-state index contributed by atoms with van der Waals surface area (Å²) in [7, 11) is 0. The molecule has 0 radical (unpaired) electrons. The fourth-order valence-electron chi connectivity index (χ4n) is 2.84. The predicted molar refractivity (Wildman–Crippen MR) is 98.0 cm³/mol. The number of rotatable bonds is 5. The molecule has 2 heterocycles. The fraction of sp³-hybridized carbons (Fsp3) is 0.211. The average Bonchev–Trinajstić information content (AvgIpc) is 3.19. The van der Waals surface area contributed by atoms with Gasteiger partial charge in [-0.05, 0) is 55.8 Å². The third-order valence-corrected chi connectivity index (χ3v) is 4.28. The lowest BCUT2D eigenvalue weighted by molar-refractivity contribution is 0.239. The second-order valence-corrected chi connectivity index (χ2v) is 6.26. The zero-order valence-corrected chi connectivity index (χ0v) is 14.9. The molecule has 2 amide bonds. The van der Waals surface area contributed by atoms with E-state index < -0.39 is 0 Å². The van der Waals surface area contributed by atoms with Crippen LogP contribution in [0.15, 0.2) is 53.1 Å². The van der Waals surface area contributed by atoms with Crippen LogP contribution in [-0.2, 0) is 13.1 Å². The Labute approximate surface area is 151 Å². The number of hydrogen-bond donors (Lipinski definition) is 2. The number of benzene rings is 1. The molecule has 3 aromatic rings. The molecule has 6 heteroatoms. The maximum Gasteiger partial charge on any atom is 0.315 e. The molecule has 130 valence electrons. The molecule has 0 atom stereocenters. The number of nitrogens with zero attached hydrogens (tertiary/aromatic N) is 1. The lowest BCUT2D eigenvalue weighted by Crippen LogP contribution is -2.34. The quantitative estimate of drug-likeness (QED) is 0.713. The molecule has 0 saturated carbocycles. The Morgan fingerprint density at radius 1 is 1.12 bits per heavy atom. The molecule has 5 nitrogen and oxygen atoms in total. The number of carbonyl (C=O) groups excluding carboxylic acids is 1. The zero-order chi connectivity index (χ0) is 17.8. The van der Waals surface area contributed by atoms with Crippen LogP contribution in [0, 0.1) is 13.8 Å². The van der Waals surface area contributed by atoms with E-state index in [0.717, 1.165) is 22.6 Å². The van der Waals surface area contributed by atoms with Gasteiger partial charge in [0.05, 0.1) is 12.8 Å². The Bertz CT molecular complexity index is 869. The molecule has 3 rings (SSSR count). The number of aryl methyl sites for hydroxylation is 1. The molecule has 0 bridgehead atoms. The van der Waals surface area contributed by atoms with E-state index in [9.17, 15) is 4.79 Å². The Hall–Kier alpha value is -2.66. The molecule has 0 saturated heterocycles. The summed E-state index contributed by atoms with van der Waals surface area (Å²) in [4.78, 5) is 11.9. The van der Waals surface area contributed by atoms with Gasteiger partial charge in [0.1, 0.15) is 5.76 Å². The highest BCUT2D eigenvalue weighted by Gasteiger charge is 2.12. The van der Waals surface area contributed by atoms with Gasteiger partial charge in [0, 0.05) is 28.6 Å². The third kappa shape index (κ3) is 4.06. The van der Waals surface area contributed by atoms with Crippen molar-refractivity contribution in [3.8, 4) is 5.69 Å². The van der Waals surface area contributed by atoms with Gasteiger partial charge >= 0.3 is 6.03 Å². The van der Waals surface area contributed by atoms with E-state index in [4.69, 9.17) is 16.0 Å². The highest BCUT2D eigenvalue weighted by atomic mass is 35.5. The number of aromatic nitrogens is 1. The molecule has 0 aliphatic heterocycles. The lowest BCUT2D eigenvalue weighted by Gasteiger charge is -2.11. The van der Waals surface area contributed by atoms with Crippen LogP contribution < -0.4 is 10.6 Å². The summed E-state index contributed by atoms with van der Waals surface area (Å²) in [5, 5.41) is 6.34. The molecule has 2 aromatic heterocycles. The van der Waals surface area contributed by atoms with Gasteiger partial charge in [-0.25, -0.2) is 4.79 Å². The summed E-state index contributed by atoms with van der Waals surface area (Å²) in [6.07, 6.45) is 1.58. The molecule has 2 N–H and O–H groups in total. The first-order valence-corrected chi connectivity index (χ1v) is 8.40. The molecule has 0 aliphatic carbocycles. The summed E-state index contributed by atoms with van der Waals surface area (Å²) < 4.78 is 7.32. The van der Waals surface area contributed by atoms with Crippen molar-refractivity contribution >= 4 is 17.6 Å². The normalized spacial score (nSPS) is 10.7. The van der Waals surface area contributed by atoms with Crippen LogP contribution in [0.5, 0.6) is 0 Å². The minimum Gasteiger partial charge on any atom is -0.467 e. The Morgan fingerprint density at radius 3 is 2.64 bits per heavy atom. The molecular formula is C19H20ClN3O2. The first kappa shape index (κ1) is 17.2. The number of carbonyl (C=O) groups is 1. The predicted octanol–water partition coefficient (Wildman–Crippen LogP) is 4.34. The van der Waals surface area contributed by atoms with E-state index in [-0.39, 0.29) is 6.03 Å². The van der Waals surface area contributed by atoms with Crippen LogP contribution in [0.1, 0.15) is 22.7 Å². The first-order valence-electron chi connectivity index (χ1n) is 8.02. The van der Waals surface area contributed by atoms with Gasteiger partial charge in [-0.3, -0.25) is 0 Å². The van der Waals surface area contributed by atoms with Crippen LogP contribution in [0.25, 0.3) is 5.69 Å². The van der Waals surface area contributed by atoms with Crippen molar-refractivity contribution in [1.29, 1.82) is 0 Å². The molecule has 1 aromatic carbocycles. The Kier molecular flexibility index (Phi) is 5.14. The number of halogens is 1. The minimum atomic E-state index is -0.232. The van der Waals surface area contributed by atoms with E-state index >= 15 is 0 Å². The van der Waals surface area contributed by atoms with Crippen molar-refractivity contribution in [3.63, 3.8) is 0 Å². The minimum absolute atomic E-state index is 0.232. The average molecular weight is 358 g/mol. The topological polar surface area (TPSA) is 59.2 Å². The third-order valence-electron chi connectivity index (χ3n) is 4.05. The monoisotopic (exact) mass is 357 g/mol. The van der Waals surface area contributed by atoms with Gasteiger partial charge in [-0.15, -0.1) is 0 Å². The second-order valence-electron chi connectivity index (χ2n) is 5.83. The van der Waals surface area contributed by atoms with Crippen molar-refractivity contribution in [3.05, 3.63) is 76.5 Å². The number of amides is 2. The van der Waals surface area contributed by atoms with Gasteiger partial charge in [-0.2, -0.15) is 0 Å². The number of urea groups is 1. The van der Waals surface area contributed by atoms with E-state index in [1.165, 1.54) is 0 Å². The number of furan rings is 1. The van der Waals surface area contributed by atoms with Crippen LogP contribution >= 0.6 is 11.6 Å². The number of hydrogen-bond acceptors (Lipinski definition) is 2. The molecule has 25 heavy (non-hydrogen) atoms. The number of nitrogens with one attached hydrogen (secondary N) is 2.